The van der Waals surface area contributed by atoms with Crippen LogP contribution in [0.4, 0.5) is 19.4 Å². The topological polar surface area (TPSA) is 117 Å². The zero-order valence-corrected chi connectivity index (χ0v) is 23.2. The van der Waals surface area contributed by atoms with Gasteiger partial charge in [0, 0.05) is 56.0 Å². The molecule has 0 saturated heterocycles. The maximum Gasteiger partial charge on any atom is 0.317 e. The first-order valence-electron chi connectivity index (χ1n) is 14.0. The van der Waals surface area contributed by atoms with Gasteiger partial charge in [-0.15, -0.1) is 0 Å². The number of nitrogens with one attached hydrogen (secondary N) is 3. The van der Waals surface area contributed by atoms with Gasteiger partial charge in [-0.25, -0.2) is 28.5 Å². The van der Waals surface area contributed by atoms with Crippen LogP contribution in [-0.2, 0) is 9.47 Å². The van der Waals surface area contributed by atoms with Crippen LogP contribution in [0.2, 0.25) is 0 Å². The number of halogens is 2. The largest absolute Gasteiger partial charge is 0.379 e. The van der Waals surface area contributed by atoms with E-state index in [0.717, 1.165) is 50.9 Å². The summed E-state index contributed by atoms with van der Waals surface area (Å²) < 4.78 is 39.2. The van der Waals surface area contributed by atoms with Gasteiger partial charge in [0.2, 0.25) is 0 Å². The minimum atomic E-state index is -0.569. The van der Waals surface area contributed by atoms with Crippen LogP contribution in [0.3, 0.4) is 0 Å². The van der Waals surface area contributed by atoms with Crippen molar-refractivity contribution in [2.45, 2.75) is 64.0 Å². The number of anilines is 1. The lowest BCUT2D eigenvalue weighted by atomic mass is 9.90. The number of carbonyl (C=O) groups excluding carboxylic acids is 1. The minimum Gasteiger partial charge on any atom is -0.379 e. The van der Waals surface area contributed by atoms with Crippen LogP contribution < -0.4 is 10.6 Å². The van der Waals surface area contributed by atoms with Crippen molar-refractivity contribution < 1.29 is 23.0 Å². The van der Waals surface area contributed by atoms with Crippen molar-refractivity contribution in [2.24, 2.45) is 0 Å². The number of H-pyrrole nitrogens is 1. The van der Waals surface area contributed by atoms with E-state index in [0.29, 0.717) is 56.0 Å². The van der Waals surface area contributed by atoms with Crippen molar-refractivity contribution in [3.05, 3.63) is 36.3 Å². The average Bonchev–Trinajstić information content (AvgIpc) is 3.38. The van der Waals surface area contributed by atoms with Crippen LogP contribution in [0.25, 0.3) is 22.4 Å². The lowest BCUT2D eigenvalue weighted by Gasteiger charge is -2.36. The van der Waals surface area contributed by atoms with Crippen molar-refractivity contribution in [1.82, 2.24) is 30.2 Å². The summed E-state index contributed by atoms with van der Waals surface area (Å²) >= 11 is 0. The number of aromatic amines is 1. The number of amides is 2. The second-order valence-electron chi connectivity index (χ2n) is 10.0. The smallest absolute Gasteiger partial charge is 0.317 e. The number of unbranched alkanes of at least 4 members (excludes halogenated alkanes) is 2. The molecule has 0 bridgehead atoms. The Labute approximate surface area is 233 Å². The van der Waals surface area contributed by atoms with Crippen molar-refractivity contribution in [2.75, 3.05) is 45.3 Å². The predicted molar refractivity (Wildman–Crippen MR) is 149 cm³/mol. The van der Waals surface area contributed by atoms with Gasteiger partial charge in [0.15, 0.2) is 17.5 Å². The number of urea groups is 1. The van der Waals surface area contributed by atoms with E-state index in [-0.39, 0.29) is 29.8 Å². The van der Waals surface area contributed by atoms with Crippen LogP contribution in [0.1, 0.15) is 51.9 Å². The minimum absolute atomic E-state index is 0.0250. The van der Waals surface area contributed by atoms with Crippen LogP contribution in [-0.4, -0.2) is 83.0 Å². The number of aromatic nitrogens is 4. The number of carbonyl (C=O) groups is 1. The van der Waals surface area contributed by atoms with Gasteiger partial charge < -0.3 is 30.0 Å². The Morgan fingerprint density at radius 3 is 2.83 bits per heavy atom. The maximum absolute atomic E-state index is 14.7. The Hall–Kier alpha value is -3.38. The summed E-state index contributed by atoms with van der Waals surface area (Å²) in [5.74, 6) is -0.693. The fourth-order valence-corrected chi connectivity index (χ4v) is 4.96. The molecular weight excluding hydrogens is 520 g/mol. The highest BCUT2D eigenvalue weighted by Crippen LogP contribution is 2.29. The summed E-state index contributed by atoms with van der Waals surface area (Å²) in [6.07, 6.45) is 9.97. The van der Waals surface area contributed by atoms with E-state index in [9.17, 15) is 13.6 Å². The molecule has 12 heteroatoms. The first-order valence-corrected chi connectivity index (χ1v) is 14.0. The monoisotopic (exact) mass is 559 g/mol. The normalized spacial score (nSPS) is 17.2. The fraction of sp³-hybridized carbons (Fsp3) is 0.571. The zero-order chi connectivity index (χ0) is 28.3. The van der Waals surface area contributed by atoms with Crippen LogP contribution >= 0.6 is 0 Å². The number of pyridine rings is 1. The summed E-state index contributed by atoms with van der Waals surface area (Å²) in [5.41, 5.74) is 1.04. The molecule has 3 heterocycles. The van der Waals surface area contributed by atoms with Gasteiger partial charge in [0.1, 0.15) is 11.5 Å². The van der Waals surface area contributed by atoms with Crippen molar-refractivity contribution in [3.8, 4) is 11.4 Å². The molecule has 10 nitrogen and oxygen atoms in total. The number of hydrogen-bond acceptors (Lipinski definition) is 7. The van der Waals surface area contributed by atoms with E-state index in [2.05, 4.69) is 30.6 Å². The molecule has 2 atom stereocenters. The molecule has 4 rings (SSSR count). The number of fused-ring (bicyclic) bond motifs is 1. The predicted octanol–water partition coefficient (Wildman–Crippen LogP) is 4.89. The van der Waals surface area contributed by atoms with Gasteiger partial charge in [-0.3, -0.25) is 0 Å². The van der Waals surface area contributed by atoms with Gasteiger partial charge >= 0.3 is 6.03 Å². The SMILES string of the molecule is CCOCCOCCCCCNC(=O)N(C)[C@H]1CCC[C@@H](Nc2nc(-c3c[nH]c4ncc(F)cc34)ncc2F)C1. The Kier molecular flexibility index (Phi) is 11.0. The summed E-state index contributed by atoms with van der Waals surface area (Å²) in [6, 6.07) is 1.21. The van der Waals surface area contributed by atoms with Crippen molar-refractivity contribution >= 4 is 22.9 Å². The molecule has 0 spiro atoms. The third kappa shape index (κ3) is 8.07. The number of ether oxygens (including phenoxy) is 2. The Morgan fingerprint density at radius 2 is 1.98 bits per heavy atom. The summed E-state index contributed by atoms with van der Waals surface area (Å²) in [6.45, 7) is 5.20. The summed E-state index contributed by atoms with van der Waals surface area (Å²) in [7, 11) is 1.81. The molecule has 0 aliphatic heterocycles. The van der Waals surface area contributed by atoms with Crippen LogP contribution in [0, 0.1) is 11.6 Å². The van der Waals surface area contributed by atoms with Crippen LogP contribution in [0.5, 0.6) is 0 Å². The lowest BCUT2D eigenvalue weighted by molar-refractivity contribution is 0.0513. The van der Waals surface area contributed by atoms with E-state index in [1.807, 2.05) is 14.0 Å². The van der Waals surface area contributed by atoms with E-state index >= 15 is 0 Å². The molecule has 218 valence electrons. The quantitative estimate of drug-likeness (QED) is 0.241. The molecule has 1 aliphatic rings. The number of hydrogen-bond donors (Lipinski definition) is 3. The van der Waals surface area contributed by atoms with E-state index < -0.39 is 11.6 Å². The highest BCUT2D eigenvalue weighted by atomic mass is 19.1. The highest BCUT2D eigenvalue weighted by Gasteiger charge is 2.28. The second kappa shape index (κ2) is 14.8. The Bertz CT molecular complexity index is 1240. The fourth-order valence-electron chi connectivity index (χ4n) is 4.96. The summed E-state index contributed by atoms with van der Waals surface area (Å²) in [4.78, 5) is 30.0. The molecular formula is C28H39F2N7O3. The van der Waals surface area contributed by atoms with Gasteiger partial charge in [-0.05, 0) is 57.9 Å². The van der Waals surface area contributed by atoms with Gasteiger partial charge in [0.05, 0.1) is 25.6 Å². The molecule has 3 aromatic heterocycles. The molecule has 0 unspecified atom stereocenters. The number of nitrogens with zero attached hydrogens (tertiary/aromatic N) is 4. The van der Waals surface area contributed by atoms with Crippen LogP contribution in [0.15, 0.2) is 24.7 Å². The molecule has 40 heavy (non-hydrogen) atoms. The molecule has 1 saturated carbocycles. The van der Waals surface area contributed by atoms with E-state index in [4.69, 9.17) is 9.47 Å². The van der Waals surface area contributed by atoms with Gasteiger partial charge in [-0.2, -0.15) is 0 Å². The van der Waals surface area contributed by atoms with Gasteiger partial charge in [-0.1, -0.05) is 0 Å². The first kappa shape index (κ1) is 29.6. The standard InChI is InChI=1S/C28H39F2N7O3/c1-3-39-12-13-40-11-6-4-5-10-31-28(38)37(2)21-9-7-8-20(15-21)35-27-24(30)18-34-26(36-27)23-17-33-25-22(23)14-19(29)16-32-25/h14,16-18,20-21H,3-13,15H2,1-2H3,(H,31,38)(H,32,33)(H,34,35,36)/t20-,21+/m1/s1. The Morgan fingerprint density at radius 1 is 1.12 bits per heavy atom. The van der Waals surface area contributed by atoms with E-state index in [1.54, 1.807) is 11.1 Å². The molecule has 3 N–H and O–H groups in total. The lowest BCUT2D eigenvalue weighted by Crippen LogP contribution is -2.47. The molecule has 0 radical (unpaired) electrons. The molecule has 2 amide bonds. The molecule has 3 aromatic rings. The van der Waals surface area contributed by atoms with E-state index in [1.165, 1.54) is 6.07 Å². The molecule has 1 aliphatic carbocycles. The second-order valence-corrected chi connectivity index (χ2v) is 10.0. The summed E-state index contributed by atoms with van der Waals surface area (Å²) in [5, 5.41) is 6.74. The first-order chi connectivity index (χ1) is 19.5. The highest BCUT2D eigenvalue weighted by molar-refractivity contribution is 5.91. The maximum atomic E-state index is 14.7. The van der Waals surface area contributed by atoms with Gasteiger partial charge in [0.25, 0.3) is 0 Å². The average molecular weight is 560 g/mol. The van der Waals surface area contributed by atoms with Crippen molar-refractivity contribution in [1.29, 1.82) is 0 Å². The molecule has 1 fully saturated rings. The molecule has 0 aromatic carbocycles. The number of rotatable bonds is 14. The third-order valence-corrected chi connectivity index (χ3v) is 7.16. The van der Waals surface area contributed by atoms with Crippen molar-refractivity contribution in [3.63, 3.8) is 0 Å². The Balaban J connectivity index is 1.25. The zero-order valence-electron chi connectivity index (χ0n) is 23.2. The third-order valence-electron chi connectivity index (χ3n) is 7.16.